The fourth-order valence-electron chi connectivity index (χ4n) is 1.42. The number of rotatable bonds is 2. The van der Waals surface area contributed by atoms with Gasteiger partial charge in [-0.3, -0.25) is 4.98 Å². The molecule has 1 aromatic rings. The first-order chi connectivity index (χ1) is 6.86. The van der Waals surface area contributed by atoms with Gasteiger partial charge in [-0.05, 0) is 24.0 Å². The van der Waals surface area contributed by atoms with Crippen molar-refractivity contribution in [3.05, 3.63) is 29.1 Å². The molecule has 0 saturated heterocycles. The number of hydrogen-bond donors (Lipinski definition) is 0. The van der Waals surface area contributed by atoms with Crippen LogP contribution >= 0.6 is 0 Å². The largest absolute Gasteiger partial charge is 0.418 e. The fraction of sp³-hybridized carbons (Fsp3) is 0.545. The van der Waals surface area contributed by atoms with Crippen molar-refractivity contribution in [3.8, 4) is 0 Å². The van der Waals surface area contributed by atoms with E-state index in [2.05, 4.69) is 4.98 Å². The van der Waals surface area contributed by atoms with E-state index in [-0.39, 0.29) is 5.92 Å². The van der Waals surface area contributed by atoms with Gasteiger partial charge < -0.3 is 0 Å². The molecule has 0 amide bonds. The Hall–Kier alpha value is -1.06. The zero-order valence-corrected chi connectivity index (χ0v) is 9.02. The van der Waals surface area contributed by atoms with Crippen LogP contribution in [0.15, 0.2) is 12.3 Å². The number of hydrogen-bond acceptors (Lipinski definition) is 1. The van der Waals surface area contributed by atoms with Gasteiger partial charge in [0.15, 0.2) is 0 Å². The topological polar surface area (TPSA) is 12.9 Å². The summed E-state index contributed by atoms with van der Waals surface area (Å²) >= 11 is 0. The maximum atomic E-state index is 12.6. The van der Waals surface area contributed by atoms with Crippen LogP contribution in [0.1, 0.15) is 43.5 Å². The lowest BCUT2D eigenvalue weighted by Crippen LogP contribution is -2.11. The van der Waals surface area contributed by atoms with Crippen LogP contribution < -0.4 is 0 Å². The molecule has 0 atom stereocenters. The van der Waals surface area contributed by atoms with Crippen molar-refractivity contribution < 1.29 is 13.2 Å². The van der Waals surface area contributed by atoms with Gasteiger partial charge >= 0.3 is 6.18 Å². The lowest BCUT2D eigenvalue weighted by atomic mass is 9.97. The maximum absolute atomic E-state index is 12.6. The van der Waals surface area contributed by atoms with Crippen LogP contribution in [0.25, 0.3) is 0 Å². The van der Waals surface area contributed by atoms with Crippen LogP contribution in [0, 0.1) is 0 Å². The molecule has 1 heterocycles. The zero-order valence-electron chi connectivity index (χ0n) is 9.02. The first kappa shape index (κ1) is 12.0. The number of aryl methyl sites for hydroxylation is 1. The Kier molecular flexibility index (Phi) is 3.37. The van der Waals surface area contributed by atoms with Crippen LogP contribution in [0.2, 0.25) is 0 Å². The molecule has 4 heteroatoms. The zero-order chi connectivity index (χ0) is 11.6. The van der Waals surface area contributed by atoms with Gasteiger partial charge in [0, 0.05) is 11.9 Å². The minimum absolute atomic E-state index is 0.144. The van der Waals surface area contributed by atoms with Crippen molar-refractivity contribution >= 4 is 0 Å². The maximum Gasteiger partial charge on any atom is 0.418 e. The molecule has 0 aliphatic rings. The van der Waals surface area contributed by atoms with Crippen molar-refractivity contribution in [1.29, 1.82) is 0 Å². The van der Waals surface area contributed by atoms with Crippen LogP contribution in [0.5, 0.6) is 0 Å². The summed E-state index contributed by atoms with van der Waals surface area (Å²) in [7, 11) is 0. The molecular formula is C11H14F3N. The molecule has 84 valence electrons. The quantitative estimate of drug-likeness (QED) is 0.734. The molecule has 1 rings (SSSR count). The highest BCUT2D eigenvalue weighted by molar-refractivity contribution is 5.31. The Morgan fingerprint density at radius 3 is 2.33 bits per heavy atom. The molecule has 0 aromatic carbocycles. The second kappa shape index (κ2) is 4.21. The van der Waals surface area contributed by atoms with E-state index in [1.54, 1.807) is 19.9 Å². The first-order valence-electron chi connectivity index (χ1n) is 4.92. The summed E-state index contributed by atoms with van der Waals surface area (Å²) in [6, 6.07) is 1.55. The van der Waals surface area contributed by atoms with Gasteiger partial charge in [0.05, 0.1) is 5.56 Å². The SMILES string of the molecule is CCc1cc(C(C)C)c(C(F)(F)F)cn1. The van der Waals surface area contributed by atoms with Gasteiger partial charge in [-0.15, -0.1) is 0 Å². The summed E-state index contributed by atoms with van der Waals surface area (Å²) in [5, 5.41) is 0. The molecule has 1 aromatic heterocycles. The van der Waals surface area contributed by atoms with Gasteiger partial charge in [-0.2, -0.15) is 13.2 Å². The van der Waals surface area contributed by atoms with Gasteiger partial charge in [0.25, 0.3) is 0 Å². The van der Waals surface area contributed by atoms with Crippen molar-refractivity contribution in [1.82, 2.24) is 4.98 Å². The number of halogens is 3. The molecule has 0 bridgehead atoms. The van der Waals surface area contributed by atoms with Crippen molar-refractivity contribution in [2.75, 3.05) is 0 Å². The second-order valence-corrected chi connectivity index (χ2v) is 3.77. The second-order valence-electron chi connectivity index (χ2n) is 3.77. The Balaban J connectivity index is 3.28. The molecule has 0 N–H and O–H groups in total. The van der Waals surface area contributed by atoms with E-state index in [9.17, 15) is 13.2 Å². The lowest BCUT2D eigenvalue weighted by molar-refractivity contribution is -0.138. The molecule has 0 unspecified atom stereocenters. The van der Waals surface area contributed by atoms with Gasteiger partial charge in [-0.25, -0.2) is 0 Å². The summed E-state index contributed by atoms with van der Waals surface area (Å²) < 4.78 is 37.8. The van der Waals surface area contributed by atoms with Crippen molar-refractivity contribution in [3.63, 3.8) is 0 Å². The predicted octanol–water partition coefficient (Wildman–Crippen LogP) is 3.79. The molecule has 15 heavy (non-hydrogen) atoms. The van der Waals surface area contributed by atoms with Crippen LogP contribution in [0.4, 0.5) is 13.2 Å². The molecule has 0 aliphatic heterocycles. The number of aromatic nitrogens is 1. The highest BCUT2D eigenvalue weighted by atomic mass is 19.4. The van der Waals surface area contributed by atoms with Crippen LogP contribution in [-0.2, 0) is 12.6 Å². The minimum atomic E-state index is -4.31. The Labute approximate surface area is 87.3 Å². The first-order valence-corrected chi connectivity index (χ1v) is 4.92. The van der Waals surface area contributed by atoms with E-state index >= 15 is 0 Å². The molecular weight excluding hydrogens is 203 g/mol. The van der Waals surface area contributed by atoms with E-state index in [4.69, 9.17) is 0 Å². The fourth-order valence-corrected chi connectivity index (χ4v) is 1.42. The third-order valence-corrected chi connectivity index (χ3v) is 2.28. The van der Waals surface area contributed by atoms with Crippen LogP contribution in [-0.4, -0.2) is 4.98 Å². The van der Waals surface area contributed by atoms with E-state index in [1.807, 2.05) is 6.92 Å². The van der Waals surface area contributed by atoms with Crippen molar-refractivity contribution in [2.45, 2.75) is 39.3 Å². The van der Waals surface area contributed by atoms with Gasteiger partial charge in [0.1, 0.15) is 0 Å². The smallest absolute Gasteiger partial charge is 0.261 e. The number of alkyl halides is 3. The average molecular weight is 217 g/mol. The normalized spacial score (nSPS) is 12.2. The Morgan fingerprint density at radius 1 is 1.33 bits per heavy atom. The molecule has 0 radical (unpaired) electrons. The third kappa shape index (κ3) is 2.70. The van der Waals surface area contributed by atoms with Gasteiger partial charge in [0.2, 0.25) is 0 Å². The summed E-state index contributed by atoms with van der Waals surface area (Å²) in [5.74, 6) is -0.144. The molecule has 0 aliphatic carbocycles. The highest BCUT2D eigenvalue weighted by Gasteiger charge is 2.34. The Morgan fingerprint density at radius 2 is 1.93 bits per heavy atom. The number of nitrogens with zero attached hydrogens (tertiary/aromatic N) is 1. The van der Waals surface area contributed by atoms with Crippen LogP contribution in [0.3, 0.4) is 0 Å². The predicted molar refractivity (Wildman–Crippen MR) is 52.7 cm³/mol. The Bertz CT molecular complexity index is 342. The minimum Gasteiger partial charge on any atom is -0.261 e. The highest BCUT2D eigenvalue weighted by Crippen LogP contribution is 2.34. The van der Waals surface area contributed by atoms with E-state index in [0.29, 0.717) is 17.7 Å². The summed E-state index contributed by atoms with van der Waals surface area (Å²) in [6.45, 7) is 5.38. The van der Waals surface area contributed by atoms with E-state index < -0.39 is 11.7 Å². The molecule has 0 fully saturated rings. The van der Waals surface area contributed by atoms with E-state index in [0.717, 1.165) is 6.20 Å². The number of pyridine rings is 1. The molecule has 0 saturated carbocycles. The van der Waals surface area contributed by atoms with E-state index in [1.165, 1.54) is 0 Å². The summed E-state index contributed by atoms with van der Waals surface area (Å²) in [5.41, 5.74) is 0.413. The average Bonchev–Trinajstić information content (AvgIpc) is 2.15. The third-order valence-electron chi connectivity index (χ3n) is 2.28. The molecule has 0 spiro atoms. The monoisotopic (exact) mass is 217 g/mol. The summed E-state index contributed by atoms with van der Waals surface area (Å²) in [4.78, 5) is 3.79. The molecule has 1 nitrogen and oxygen atoms in total. The standard InChI is InChI=1S/C11H14F3N/c1-4-8-5-9(7(2)3)10(6-15-8)11(12,13)14/h5-7H,4H2,1-3H3. The van der Waals surface area contributed by atoms with Gasteiger partial charge in [-0.1, -0.05) is 20.8 Å². The lowest BCUT2D eigenvalue weighted by Gasteiger charge is -2.15. The van der Waals surface area contributed by atoms with Crippen molar-refractivity contribution in [2.24, 2.45) is 0 Å². The summed E-state index contributed by atoms with van der Waals surface area (Å²) in [6.07, 6.45) is -2.72.